The maximum atomic E-state index is 13.4. The van der Waals surface area contributed by atoms with Crippen molar-refractivity contribution in [2.24, 2.45) is 0 Å². The van der Waals surface area contributed by atoms with E-state index in [0.29, 0.717) is 38.4 Å². The summed E-state index contributed by atoms with van der Waals surface area (Å²) in [5.41, 5.74) is 0.476. The number of aliphatic carboxylic acids is 1. The van der Waals surface area contributed by atoms with Crippen LogP contribution < -0.4 is 10.1 Å². The van der Waals surface area contributed by atoms with Gasteiger partial charge in [0.25, 0.3) is 11.8 Å². The molecule has 3 heterocycles. The molecule has 2 fully saturated rings. The van der Waals surface area contributed by atoms with Crippen molar-refractivity contribution < 1.29 is 43.7 Å². The minimum atomic E-state index is -1.16. The fourth-order valence-electron chi connectivity index (χ4n) is 5.22. The first kappa shape index (κ1) is 34.2. The molecule has 4 amide bonds. The van der Waals surface area contributed by atoms with Gasteiger partial charge in [-0.3, -0.25) is 24.1 Å². The number of nitrogens with one attached hydrogen (secondary N) is 1. The van der Waals surface area contributed by atoms with Crippen LogP contribution in [0.3, 0.4) is 0 Å². The second-order valence-corrected chi connectivity index (χ2v) is 10.8. The van der Waals surface area contributed by atoms with Crippen LogP contribution in [-0.2, 0) is 19.1 Å². The molecular weight excluding hydrogens is 602 g/mol. The van der Waals surface area contributed by atoms with Gasteiger partial charge in [-0.05, 0) is 25.5 Å². The molecule has 1 unspecified atom stereocenters. The number of aliphatic hydroxyl groups excluding tert-OH is 1. The summed E-state index contributed by atoms with van der Waals surface area (Å²) < 4.78 is 12.3. The SMILES string of the molecule is CCOC(=O)N1CCN(C(=O)C(CCC(=O)O)NC(=O)c2cc(OCC(=O)N3CCN(CCO)CC3)n(-c3ccccc3)n2)CC1. The molecule has 4 rings (SSSR count). The molecule has 16 nitrogen and oxygen atoms in total. The summed E-state index contributed by atoms with van der Waals surface area (Å²) in [5, 5.41) is 25.5. The Balaban J connectivity index is 1.45. The number of piperazine rings is 2. The number of ether oxygens (including phenoxy) is 2. The maximum absolute atomic E-state index is 13.4. The summed E-state index contributed by atoms with van der Waals surface area (Å²) in [6, 6.07) is 9.07. The summed E-state index contributed by atoms with van der Waals surface area (Å²) >= 11 is 0. The monoisotopic (exact) mass is 643 g/mol. The highest BCUT2D eigenvalue weighted by Gasteiger charge is 2.32. The van der Waals surface area contributed by atoms with Gasteiger partial charge in [-0.1, -0.05) is 18.2 Å². The van der Waals surface area contributed by atoms with Crippen LogP contribution >= 0.6 is 0 Å². The molecule has 2 aromatic rings. The van der Waals surface area contributed by atoms with E-state index in [0.717, 1.165) is 0 Å². The van der Waals surface area contributed by atoms with E-state index >= 15 is 0 Å². The lowest BCUT2D eigenvalue weighted by molar-refractivity contribution is -0.138. The number of carboxylic acid groups (broad SMARTS) is 1. The van der Waals surface area contributed by atoms with Crippen LogP contribution in [0.2, 0.25) is 0 Å². The molecule has 2 aliphatic heterocycles. The number of benzene rings is 1. The van der Waals surface area contributed by atoms with Crippen molar-refractivity contribution in [3.8, 4) is 11.6 Å². The third kappa shape index (κ3) is 9.17. The molecule has 0 spiro atoms. The Hall–Kier alpha value is -4.70. The Labute approximate surface area is 266 Å². The fraction of sp³-hybridized carbons (Fsp3) is 0.533. The zero-order valence-electron chi connectivity index (χ0n) is 25.9. The third-order valence-corrected chi connectivity index (χ3v) is 7.76. The van der Waals surface area contributed by atoms with Crippen LogP contribution in [0.1, 0.15) is 30.3 Å². The Morgan fingerprint density at radius 2 is 1.59 bits per heavy atom. The molecule has 0 aliphatic carbocycles. The van der Waals surface area contributed by atoms with Crippen LogP contribution in [-0.4, -0.2) is 154 Å². The highest BCUT2D eigenvalue weighted by atomic mass is 16.6. The zero-order valence-corrected chi connectivity index (χ0v) is 25.9. The van der Waals surface area contributed by atoms with Gasteiger partial charge < -0.3 is 39.7 Å². The van der Waals surface area contributed by atoms with Crippen molar-refractivity contribution in [3.05, 3.63) is 42.1 Å². The second kappa shape index (κ2) is 16.6. The van der Waals surface area contributed by atoms with E-state index in [1.807, 2.05) is 6.07 Å². The van der Waals surface area contributed by atoms with E-state index in [-0.39, 0.29) is 76.3 Å². The van der Waals surface area contributed by atoms with Gasteiger partial charge in [-0.25, -0.2) is 9.48 Å². The van der Waals surface area contributed by atoms with Gasteiger partial charge in [0, 0.05) is 71.4 Å². The number of hydrogen-bond donors (Lipinski definition) is 3. The summed E-state index contributed by atoms with van der Waals surface area (Å²) in [5.74, 6) is -2.42. The molecule has 250 valence electrons. The van der Waals surface area contributed by atoms with Crippen LogP contribution in [0.15, 0.2) is 36.4 Å². The first-order chi connectivity index (χ1) is 22.2. The number of rotatable bonds is 13. The van der Waals surface area contributed by atoms with E-state index in [1.54, 1.807) is 36.1 Å². The summed E-state index contributed by atoms with van der Waals surface area (Å²) in [7, 11) is 0. The van der Waals surface area contributed by atoms with Crippen LogP contribution in [0.25, 0.3) is 5.69 Å². The van der Waals surface area contributed by atoms with Gasteiger partial charge in [0.05, 0.1) is 18.9 Å². The first-order valence-electron chi connectivity index (χ1n) is 15.3. The van der Waals surface area contributed by atoms with Gasteiger partial charge in [0.1, 0.15) is 6.04 Å². The van der Waals surface area contributed by atoms with Crippen molar-refractivity contribution in [2.75, 3.05) is 78.7 Å². The predicted molar refractivity (Wildman–Crippen MR) is 162 cm³/mol. The van der Waals surface area contributed by atoms with Gasteiger partial charge in [-0.2, -0.15) is 5.10 Å². The quantitative estimate of drug-likeness (QED) is 0.259. The molecule has 2 saturated heterocycles. The number of nitrogens with zero attached hydrogens (tertiary/aromatic N) is 6. The highest BCUT2D eigenvalue weighted by molar-refractivity contribution is 5.96. The van der Waals surface area contributed by atoms with Crippen molar-refractivity contribution in [1.29, 1.82) is 0 Å². The number of carbonyl (C=O) groups is 5. The average Bonchev–Trinajstić information content (AvgIpc) is 3.50. The molecule has 0 radical (unpaired) electrons. The lowest BCUT2D eigenvalue weighted by Gasteiger charge is -2.35. The summed E-state index contributed by atoms with van der Waals surface area (Å²) in [4.78, 5) is 69.9. The van der Waals surface area contributed by atoms with Gasteiger partial charge >= 0.3 is 12.1 Å². The second-order valence-electron chi connectivity index (χ2n) is 10.8. The number of hydrogen-bond acceptors (Lipinski definition) is 10. The highest BCUT2D eigenvalue weighted by Crippen LogP contribution is 2.20. The molecule has 1 aromatic heterocycles. The molecule has 2 aliphatic rings. The largest absolute Gasteiger partial charge is 0.481 e. The van der Waals surface area contributed by atoms with E-state index in [4.69, 9.17) is 14.6 Å². The maximum Gasteiger partial charge on any atom is 0.409 e. The Bertz CT molecular complexity index is 1350. The van der Waals surface area contributed by atoms with Crippen molar-refractivity contribution >= 4 is 29.8 Å². The van der Waals surface area contributed by atoms with Crippen LogP contribution in [0.4, 0.5) is 4.79 Å². The Morgan fingerprint density at radius 3 is 2.22 bits per heavy atom. The number of carbonyl (C=O) groups excluding carboxylic acids is 4. The number of amides is 4. The smallest absolute Gasteiger partial charge is 0.409 e. The van der Waals surface area contributed by atoms with Crippen molar-refractivity contribution in [3.63, 3.8) is 0 Å². The molecule has 0 saturated carbocycles. The standard InChI is InChI=1S/C30H41N7O9/c1-2-45-30(44)36-16-14-35(15-17-36)29(43)23(8-9-27(40)41)31-28(42)24-20-26(37(32-24)22-6-4-3-5-7-22)46-21-25(39)34-12-10-33(11-13-34)18-19-38/h3-7,20,23,38H,2,8-19,21H2,1H3,(H,31,42)(H,40,41). The lowest BCUT2D eigenvalue weighted by atomic mass is 10.1. The van der Waals surface area contributed by atoms with E-state index < -0.39 is 29.9 Å². The molecule has 16 heteroatoms. The zero-order chi connectivity index (χ0) is 33.1. The van der Waals surface area contributed by atoms with Gasteiger partial charge in [-0.15, -0.1) is 0 Å². The lowest BCUT2D eigenvalue weighted by Crippen LogP contribution is -2.56. The van der Waals surface area contributed by atoms with E-state index in [2.05, 4.69) is 15.3 Å². The number of carboxylic acids is 1. The van der Waals surface area contributed by atoms with E-state index in [9.17, 15) is 29.1 Å². The summed E-state index contributed by atoms with van der Waals surface area (Å²) in [6.45, 7) is 5.39. The molecule has 1 atom stereocenters. The third-order valence-electron chi connectivity index (χ3n) is 7.76. The average molecular weight is 644 g/mol. The predicted octanol–water partition coefficient (Wildman–Crippen LogP) is -0.348. The minimum Gasteiger partial charge on any atom is -0.481 e. The number of aliphatic hydroxyl groups is 1. The molecule has 3 N–H and O–H groups in total. The van der Waals surface area contributed by atoms with Crippen molar-refractivity contribution in [1.82, 2.24) is 34.7 Å². The number of aromatic nitrogens is 2. The Morgan fingerprint density at radius 1 is 0.935 bits per heavy atom. The van der Waals surface area contributed by atoms with Crippen LogP contribution in [0, 0.1) is 0 Å². The van der Waals surface area contributed by atoms with Gasteiger partial charge in [0.2, 0.25) is 11.8 Å². The molecule has 0 bridgehead atoms. The van der Waals surface area contributed by atoms with Crippen LogP contribution in [0.5, 0.6) is 5.88 Å². The molecule has 1 aromatic carbocycles. The fourth-order valence-corrected chi connectivity index (χ4v) is 5.22. The molecular formula is C30H41N7O9. The Kier molecular flexibility index (Phi) is 12.3. The van der Waals surface area contributed by atoms with Crippen molar-refractivity contribution in [2.45, 2.75) is 25.8 Å². The van der Waals surface area contributed by atoms with Gasteiger partial charge in [0.15, 0.2) is 12.3 Å². The minimum absolute atomic E-state index is 0.0546. The number of β-amino-alcohol motifs (C(OH)–C–C–N with tert-alkyl or cyclic N) is 1. The number of para-hydroxylation sites is 1. The van der Waals surface area contributed by atoms with E-state index in [1.165, 1.54) is 20.5 Å². The normalized spacial score (nSPS) is 16.1. The molecule has 46 heavy (non-hydrogen) atoms. The topological polar surface area (TPSA) is 187 Å². The summed E-state index contributed by atoms with van der Waals surface area (Å²) in [6.07, 6.45) is -0.983. The first-order valence-corrected chi connectivity index (χ1v) is 15.3.